The first kappa shape index (κ1) is 23.1. The van der Waals surface area contributed by atoms with E-state index in [4.69, 9.17) is 16.3 Å². The highest BCUT2D eigenvalue weighted by Gasteiger charge is 2.14. The molecular formula is C26H24ClN5O2. The molecule has 0 aliphatic heterocycles. The Kier molecular flexibility index (Phi) is 7.25. The number of nitrogens with one attached hydrogen (secondary N) is 2. The number of hydrogen-bond donors (Lipinski definition) is 2. The normalized spacial score (nSPS) is 10.9. The van der Waals surface area contributed by atoms with Crippen LogP contribution in [0.2, 0.25) is 5.02 Å². The first-order chi connectivity index (χ1) is 16.5. The third-order valence-corrected chi connectivity index (χ3v) is 5.48. The summed E-state index contributed by atoms with van der Waals surface area (Å²) in [6.07, 6.45) is 1.59. The van der Waals surface area contributed by atoms with Gasteiger partial charge in [-0.25, -0.2) is 5.43 Å². The lowest BCUT2D eigenvalue weighted by molar-refractivity contribution is 0.0950. The summed E-state index contributed by atoms with van der Waals surface area (Å²) in [5.74, 6) is 0.245. The molecule has 1 amide bonds. The van der Waals surface area contributed by atoms with Crippen molar-refractivity contribution in [3.05, 3.63) is 101 Å². The molecule has 0 bridgehead atoms. The number of aromatic amines is 1. The molecular weight excluding hydrogens is 450 g/mol. The SMILES string of the molecule is CN(C)c1ccc(C=NNC(=O)c2cc(-c3ccccc3OCc3ccccc3Cl)n[nH]2)cc1. The predicted molar refractivity (Wildman–Crippen MR) is 136 cm³/mol. The van der Waals surface area contributed by atoms with Gasteiger partial charge in [0.25, 0.3) is 5.91 Å². The van der Waals surface area contributed by atoms with Crippen LogP contribution < -0.4 is 15.1 Å². The Labute approximate surface area is 203 Å². The van der Waals surface area contributed by atoms with Gasteiger partial charge in [0.15, 0.2) is 0 Å². The van der Waals surface area contributed by atoms with Gasteiger partial charge >= 0.3 is 0 Å². The van der Waals surface area contributed by atoms with Crippen molar-refractivity contribution in [2.45, 2.75) is 6.61 Å². The zero-order valence-corrected chi connectivity index (χ0v) is 19.6. The summed E-state index contributed by atoms with van der Waals surface area (Å²) in [6.45, 7) is 0.318. The minimum atomic E-state index is -0.394. The van der Waals surface area contributed by atoms with Gasteiger partial charge in [-0.05, 0) is 42.0 Å². The van der Waals surface area contributed by atoms with E-state index in [1.807, 2.05) is 91.8 Å². The van der Waals surface area contributed by atoms with E-state index in [-0.39, 0.29) is 5.69 Å². The lowest BCUT2D eigenvalue weighted by Crippen LogP contribution is -2.18. The van der Waals surface area contributed by atoms with Crippen LogP contribution in [0.15, 0.2) is 84.0 Å². The number of aromatic nitrogens is 2. The van der Waals surface area contributed by atoms with Crippen molar-refractivity contribution in [2.75, 3.05) is 19.0 Å². The van der Waals surface area contributed by atoms with Crippen molar-refractivity contribution in [1.82, 2.24) is 15.6 Å². The molecule has 0 spiro atoms. The number of anilines is 1. The Morgan fingerprint density at radius 3 is 2.59 bits per heavy atom. The molecule has 0 fully saturated rings. The maximum atomic E-state index is 12.5. The van der Waals surface area contributed by atoms with Gasteiger partial charge in [0.1, 0.15) is 18.1 Å². The van der Waals surface area contributed by atoms with Crippen LogP contribution in [0.4, 0.5) is 5.69 Å². The van der Waals surface area contributed by atoms with Crippen LogP contribution in [-0.2, 0) is 6.61 Å². The number of carbonyl (C=O) groups is 1. The molecule has 8 heteroatoms. The van der Waals surface area contributed by atoms with E-state index in [0.29, 0.717) is 23.1 Å². The summed E-state index contributed by atoms with van der Waals surface area (Å²) < 4.78 is 6.00. The smallest absolute Gasteiger partial charge is 0.289 e. The molecule has 7 nitrogen and oxygen atoms in total. The van der Waals surface area contributed by atoms with Gasteiger partial charge in [-0.3, -0.25) is 9.89 Å². The van der Waals surface area contributed by atoms with Crippen LogP contribution in [0, 0.1) is 0 Å². The van der Waals surface area contributed by atoms with Gasteiger partial charge in [-0.2, -0.15) is 10.2 Å². The van der Waals surface area contributed by atoms with E-state index in [1.54, 1.807) is 12.3 Å². The summed E-state index contributed by atoms with van der Waals surface area (Å²) in [5.41, 5.74) is 7.00. The van der Waals surface area contributed by atoms with E-state index < -0.39 is 5.91 Å². The van der Waals surface area contributed by atoms with Crippen LogP contribution in [0.3, 0.4) is 0 Å². The number of para-hydroxylation sites is 1. The summed E-state index contributed by atoms with van der Waals surface area (Å²) in [7, 11) is 3.96. The van der Waals surface area contributed by atoms with E-state index in [2.05, 4.69) is 20.7 Å². The van der Waals surface area contributed by atoms with Crippen molar-refractivity contribution in [3.8, 4) is 17.0 Å². The highest BCUT2D eigenvalue weighted by atomic mass is 35.5. The van der Waals surface area contributed by atoms with Crippen molar-refractivity contribution in [3.63, 3.8) is 0 Å². The molecule has 4 aromatic rings. The Hall–Kier alpha value is -4.10. The van der Waals surface area contributed by atoms with E-state index in [9.17, 15) is 4.79 Å². The standard InChI is InChI=1S/C26H24ClN5O2/c1-32(2)20-13-11-18(12-14-20)16-28-31-26(33)24-15-23(29-30-24)21-8-4-6-10-25(21)34-17-19-7-3-5-9-22(19)27/h3-16H,17H2,1-2H3,(H,29,30)(H,31,33). The van der Waals surface area contributed by atoms with Crippen LogP contribution >= 0.6 is 11.6 Å². The summed E-state index contributed by atoms with van der Waals surface area (Å²) >= 11 is 6.23. The molecule has 0 radical (unpaired) electrons. The summed E-state index contributed by atoms with van der Waals surface area (Å²) in [4.78, 5) is 14.5. The van der Waals surface area contributed by atoms with E-state index in [1.165, 1.54) is 0 Å². The Morgan fingerprint density at radius 1 is 1.09 bits per heavy atom. The molecule has 2 N–H and O–H groups in total. The predicted octanol–water partition coefficient (Wildman–Crippen LogP) is 5.14. The van der Waals surface area contributed by atoms with Crippen molar-refractivity contribution >= 4 is 29.4 Å². The molecule has 4 rings (SSSR count). The fourth-order valence-corrected chi connectivity index (χ4v) is 3.43. The number of hydrogen-bond acceptors (Lipinski definition) is 5. The van der Waals surface area contributed by atoms with Crippen LogP contribution in [-0.4, -0.2) is 36.4 Å². The molecule has 3 aromatic carbocycles. The molecule has 0 unspecified atom stereocenters. The number of halogens is 1. The zero-order valence-electron chi connectivity index (χ0n) is 18.8. The summed E-state index contributed by atoms with van der Waals surface area (Å²) in [6, 6.07) is 24.5. The maximum absolute atomic E-state index is 12.5. The monoisotopic (exact) mass is 473 g/mol. The van der Waals surface area contributed by atoms with Crippen LogP contribution in [0.1, 0.15) is 21.6 Å². The van der Waals surface area contributed by atoms with Crippen molar-refractivity contribution in [1.29, 1.82) is 0 Å². The van der Waals surface area contributed by atoms with Crippen molar-refractivity contribution < 1.29 is 9.53 Å². The molecule has 0 aliphatic carbocycles. The first-order valence-corrected chi connectivity index (χ1v) is 11.0. The zero-order chi connectivity index (χ0) is 23.9. The Bertz CT molecular complexity index is 1300. The van der Waals surface area contributed by atoms with Gasteiger partial charge in [0.05, 0.1) is 11.9 Å². The summed E-state index contributed by atoms with van der Waals surface area (Å²) in [5, 5.41) is 11.7. The number of benzene rings is 3. The van der Waals surface area contributed by atoms with Crippen LogP contribution in [0.5, 0.6) is 5.75 Å². The largest absolute Gasteiger partial charge is 0.488 e. The number of H-pyrrole nitrogens is 1. The second-order valence-electron chi connectivity index (χ2n) is 7.73. The second kappa shape index (κ2) is 10.7. The van der Waals surface area contributed by atoms with Crippen molar-refractivity contribution in [2.24, 2.45) is 5.10 Å². The fraction of sp³-hybridized carbons (Fsp3) is 0.115. The molecule has 1 aromatic heterocycles. The van der Waals surface area contributed by atoms with Gasteiger partial charge in [-0.1, -0.05) is 54.1 Å². The minimum Gasteiger partial charge on any atom is -0.488 e. The number of ether oxygens (including phenoxy) is 1. The quantitative estimate of drug-likeness (QED) is 0.274. The lowest BCUT2D eigenvalue weighted by Gasteiger charge is -2.11. The first-order valence-electron chi connectivity index (χ1n) is 10.6. The number of hydrazone groups is 1. The second-order valence-corrected chi connectivity index (χ2v) is 8.14. The molecule has 0 atom stereocenters. The minimum absolute atomic E-state index is 0.288. The molecule has 34 heavy (non-hydrogen) atoms. The third kappa shape index (κ3) is 5.63. The number of nitrogens with zero attached hydrogens (tertiary/aromatic N) is 3. The Morgan fingerprint density at radius 2 is 1.82 bits per heavy atom. The Balaban J connectivity index is 1.42. The van der Waals surface area contributed by atoms with Gasteiger partial charge in [-0.15, -0.1) is 0 Å². The third-order valence-electron chi connectivity index (χ3n) is 5.12. The molecule has 1 heterocycles. The van der Waals surface area contributed by atoms with E-state index >= 15 is 0 Å². The van der Waals surface area contributed by atoms with E-state index in [0.717, 1.165) is 22.4 Å². The maximum Gasteiger partial charge on any atom is 0.289 e. The molecule has 172 valence electrons. The lowest BCUT2D eigenvalue weighted by atomic mass is 10.1. The van der Waals surface area contributed by atoms with Gasteiger partial charge in [0.2, 0.25) is 0 Å². The average molecular weight is 474 g/mol. The topological polar surface area (TPSA) is 82.6 Å². The molecule has 0 aliphatic rings. The fourth-order valence-electron chi connectivity index (χ4n) is 3.24. The molecule has 0 saturated carbocycles. The number of carbonyl (C=O) groups excluding carboxylic acids is 1. The molecule has 0 saturated heterocycles. The number of rotatable bonds is 8. The average Bonchev–Trinajstić information content (AvgIpc) is 3.34. The van der Waals surface area contributed by atoms with Gasteiger partial charge in [0, 0.05) is 35.9 Å². The number of amides is 1. The van der Waals surface area contributed by atoms with Gasteiger partial charge < -0.3 is 9.64 Å². The highest BCUT2D eigenvalue weighted by molar-refractivity contribution is 6.31. The van der Waals surface area contributed by atoms with Crippen LogP contribution in [0.25, 0.3) is 11.3 Å². The highest BCUT2D eigenvalue weighted by Crippen LogP contribution is 2.30.